The number of carbonyl (C=O) groups excluding carboxylic acids is 2. The summed E-state index contributed by atoms with van der Waals surface area (Å²) in [4.78, 5) is 27.4. The molecule has 0 radical (unpaired) electrons. The van der Waals surface area contributed by atoms with Gasteiger partial charge in [-0.15, -0.1) is 0 Å². The largest absolute Gasteiger partial charge is 0.337 e. The Labute approximate surface area is 152 Å². The molecule has 0 unspecified atom stereocenters. The number of hydrogen-bond acceptors (Lipinski definition) is 2. The fraction of sp³-hybridized carbons (Fsp3) is 0.300. The highest BCUT2D eigenvalue weighted by molar-refractivity contribution is 6.31. The molecule has 0 saturated carbocycles. The van der Waals surface area contributed by atoms with E-state index in [0.717, 1.165) is 12.0 Å². The minimum absolute atomic E-state index is 0.165. The Kier molecular flexibility index (Phi) is 4.82. The van der Waals surface area contributed by atoms with Crippen molar-refractivity contribution < 1.29 is 9.59 Å². The van der Waals surface area contributed by atoms with Crippen LogP contribution in [0.3, 0.4) is 0 Å². The van der Waals surface area contributed by atoms with Crippen LogP contribution in [0.1, 0.15) is 25.0 Å². The molecule has 130 valence electrons. The Morgan fingerprint density at radius 3 is 2.52 bits per heavy atom. The normalized spacial score (nSPS) is 14.0. The van der Waals surface area contributed by atoms with E-state index in [4.69, 9.17) is 11.6 Å². The van der Waals surface area contributed by atoms with Crippen LogP contribution in [0.15, 0.2) is 48.5 Å². The van der Waals surface area contributed by atoms with E-state index in [1.165, 1.54) is 5.56 Å². The van der Waals surface area contributed by atoms with Crippen molar-refractivity contribution in [2.75, 3.05) is 11.9 Å². The Morgan fingerprint density at radius 1 is 1.08 bits per heavy atom. The minimum atomic E-state index is -1.16. The van der Waals surface area contributed by atoms with E-state index in [2.05, 4.69) is 11.4 Å². The first-order valence-corrected chi connectivity index (χ1v) is 8.69. The third-order valence-corrected chi connectivity index (χ3v) is 4.84. The third-order valence-electron chi connectivity index (χ3n) is 4.60. The summed E-state index contributed by atoms with van der Waals surface area (Å²) in [6, 6.07) is 15.0. The van der Waals surface area contributed by atoms with Gasteiger partial charge in [-0.2, -0.15) is 0 Å². The molecule has 0 bridgehead atoms. The number of halogens is 1. The lowest BCUT2D eigenvalue weighted by molar-refractivity contribution is -0.147. The molecule has 0 atom stereocenters. The second-order valence-corrected chi connectivity index (χ2v) is 7.27. The van der Waals surface area contributed by atoms with Crippen LogP contribution in [0.4, 0.5) is 5.69 Å². The van der Waals surface area contributed by atoms with Gasteiger partial charge in [0.05, 0.1) is 0 Å². The zero-order valence-corrected chi connectivity index (χ0v) is 15.1. The van der Waals surface area contributed by atoms with Crippen molar-refractivity contribution in [1.29, 1.82) is 0 Å². The summed E-state index contributed by atoms with van der Waals surface area (Å²) in [6.07, 6.45) is 0.813. The van der Waals surface area contributed by atoms with Gasteiger partial charge >= 0.3 is 0 Å². The van der Waals surface area contributed by atoms with Crippen LogP contribution in [-0.2, 0) is 22.6 Å². The predicted molar refractivity (Wildman–Crippen MR) is 99.4 cm³/mol. The highest BCUT2D eigenvalue weighted by atomic mass is 35.5. The topological polar surface area (TPSA) is 49.4 Å². The number of rotatable bonds is 3. The maximum Gasteiger partial charge on any atom is 0.239 e. The number of hydrogen-bond donors (Lipinski definition) is 1. The van der Waals surface area contributed by atoms with Crippen LogP contribution in [-0.4, -0.2) is 23.3 Å². The molecule has 0 aliphatic carbocycles. The molecule has 2 aromatic rings. The van der Waals surface area contributed by atoms with Gasteiger partial charge < -0.3 is 10.2 Å². The zero-order valence-electron chi connectivity index (χ0n) is 14.4. The van der Waals surface area contributed by atoms with E-state index in [1.807, 2.05) is 18.2 Å². The molecule has 25 heavy (non-hydrogen) atoms. The van der Waals surface area contributed by atoms with Crippen molar-refractivity contribution in [3.63, 3.8) is 0 Å². The molecular formula is C20H21ClN2O2. The smallest absolute Gasteiger partial charge is 0.239 e. The summed E-state index contributed by atoms with van der Waals surface area (Å²) in [5.74, 6) is -0.500. The lowest BCUT2D eigenvalue weighted by Crippen LogP contribution is -2.48. The standard InChI is InChI=1S/C20H21ClN2O2/c1-20(2,18(24)22-17-9-5-8-16(21)12-17)19(25)23-11-10-14-6-3-4-7-15(14)13-23/h3-9,12H,10-11,13H2,1-2H3,(H,22,24). The number of nitrogens with zero attached hydrogens (tertiary/aromatic N) is 1. The van der Waals surface area contributed by atoms with Crippen LogP contribution in [0.2, 0.25) is 5.02 Å². The third kappa shape index (κ3) is 3.69. The van der Waals surface area contributed by atoms with Crippen molar-refractivity contribution in [1.82, 2.24) is 4.90 Å². The van der Waals surface area contributed by atoms with Crippen molar-refractivity contribution in [3.8, 4) is 0 Å². The molecule has 1 aliphatic heterocycles. The summed E-state index contributed by atoms with van der Waals surface area (Å²) in [5, 5.41) is 3.33. The summed E-state index contributed by atoms with van der Waals surface area (Å²) in [6.45, 7) is 4.50. The van der Waals surface area contributed by atoms with E-state index in [-0.39, 0.29) is 11.8 Å². The summed E-state index contributed by atoms with van der Waals surface area (Å²) in [5.41, 5.74) is 1.84. The van der Waals surface area contributed by atoms with Crippen molar-refractivity contribution in [2.45, 2.75) is 26.8 Å². The molecule has 5 heteroatoms. The monoisotopic (exact) mass is 356 g/mol. The van der Waals surface area contributed by atoms with E-state index in [1.54, 1.807) is 43.0 Å². The lowest BCUT2D eigenvalue weighted by atomic mass is 9.88. The molecule has 0 fully saturated rings. The molecule has 1 N–H and O–H groups in total. The zero-order chi connectivity index (χ0) is 18.0. The predicted octanol–water partition coefficient (Wildman–Crippen LogP) is 3.89. The van der Waals surface area contributed by atoms with Gasteiger partial charge in [-0.1, -0.05) is 41.9 Å². The summed E-state index contributed by atoms with van der Waals surface area (Å²) in [7, 11) is 0. The molecular weight excluding hydrogens is 336 g/mol. The van der Waals surface area contributed by atoms with Crippen LogP contribution in [0.25, 0.3) is 0 Å². The minimum Gasteiger partial charge on any atom is -0.337 e. The Morgan fingerprint density at radius 2 is 1.80 bits per heavy atom. The van der Waals surface area contributed by atoms with E-state index >= 15 is 0 Å². The Balaban J connectivity index is 1.73. The van der Waals surface area contributed by atoms with E-state index in [9.17, 15) is 9.59 Å². The van der Waals surface area contributed by atoms with Crippen molar-refractivity contribution >= 4 is 29.1 Å². The first-order chi connectivity index (χ1) is 11.9. The number of nitrogens with one attached hydrogen (secondary N) is 1. The van der Waals surface area contributed by atoms with Crippen LogP contribution < -0.4 is 5.32 Å². The maximum absolute atomic E-state index is 13.0. The van der Waals surface area contributed by atoms with E-state index < -0.39 is 5.41 Å². The second kappa shape index (κ2) is 6.89. The molecule has 2 aromatic carbocycles. The number of amides is 2. The highest BCUT2D eigenvalue weighted by Crippen LogP contribution is 2.27. The fourth-order valence-electron chi connectivity index (χ4n) is 3.02. The SMILES string of the molecule is CC(C)(C(=O)Nc1cccc(Cl)c1)C(=O)N1CCc2ccccc2C1. The summed E-state index contributed by atoms with van der Waals surface area (Å²) >= 11 is 5.95. The quantitative estimate of drug-likeness (QED) is 0.848. The number of anilines is 1. The number of carbonyl (C=O) groups is 2. The molecule has 0 spiro atoms. The Hall–Kier alpha value is -2.33. The van der Waals surface area contributed by atoms with Gasteiger partial charge in [0, 0.05) is 23.8 Å². The van der Waals surface area contributed by atoms with Gasteiger partial charge in [-0.05, 0) is 49.6 Å². The van der Waals surface area contributed by atoms with E-state index in [0.29, 0.717) is 23.8 Å². The first kappa shape index (κ1) is 17.5. The average molecular weight is 357 g/mol. The van der Waals surface area contributed by atoms with Crippen LogP contribution in [0, 0.1) is 5.41 Å². The molecule has 1 aliphatic rings. The van der Waals surface area contributed by atoms with Crippen LogP contribution in [0.5, 0.6) is 0 Å². The molecule has 2 amide bonds. The van der Waals surface area contributed by atoms with Gasteiger partial charge in [-0.3, -0.25) is 9.59 Å². The number of fused-ring (bicyclic) bond motifs is 1. The second-order valence-electron chi connectivity index (χ2n) is 6.83. The van der Waals surface area contributed by atoms with Crippen molar-refractivity contribution in [2.24, 2.45) is 5.41 Å². The molecule has 1 heterocycles. The van der Waals surface area contributed by atoms with Gasteiger partial charge in [-0.25, -0.2) is 0 Å². The first-order valence-electron chi connectivity index (χ1n) is 8.31. The molecule has 4 nitrogen and oxygen atoms in total. The van der Waals surface area contributed by atoms with Gasteiger partial charge in [0.15, 0.2) is 0 Å². The van der Waals surface area contributed by atoms with Gasteiger partial charge in [0.25, 0.3) is 0 Å². The van der Waals surface area contributed by atoms with Crippen molar-refractivity contribution in [3.05, 3.63) is 64.7 Å². The van der Waals surface area contributed by atoms with Gasteiger partial charge in [0.1, 0.15) is 5.41 Å². The number of benzene rings is 2. The molecule has 3 rings (SSSR count). The molecule has 0 saturated heterocycles. The summed E-state index contributed by atoms with van der Waals surface area (Å²) < 4.78 is 0. The average Bonchev–Trinajstić information content (AvgIpc) is 2.60. The fourth-order valence-corrected chi connectivity index (χ4v) is 3.21. The highest BCUT2D eigenvalue weighted by Gasteiger charge is 2.40. The maximum atomic E-state index is 13.0. The van der Waals surface area contributed by atoms with Crippen LogP contribution >= 0.6 is 11.6 Å². The Bertz CT molecular complexity index is 817. The van der Waals surface area contributed by atoms with Gasteiger partial charge in [0.2, 0.25) is 11.8 Å². The lowest BCUT2D eigenvalue weighted by Gasteiger charge is -2.34. The molecule has 0 aromatic heterocycles.